The molecule has 0 amide bonds. The van der Waals surface area contributed by atoms with Crippen LogP contribution in [-0.2, 0) is 9.47 Å². The van der Waals surface area contributed by atoms with E-state index in [1.807, 2.05) is 32.9 Å². The van der Waals surface area contributed by atoms with E-state index in [0.717, 1.165) is 31.0 Å². The zero-order valence-corrected chi connectivity index (χ0v) is 11.8. The SMILES string of the molecule is CCOC(=O)c1ccc(C2CCOC2)nc1C(C)C. The van der Waals surface area contributed by atoms with Gasteiger partial charge >= 0.3 is 5.97 Å². The first-order valence-corrected chi connectivity index (χ1v) is 6.89. The summed E-state index contributed by atoms with van der Waals surface area (Å²) in [7, 11) is 0. The first kappa shape index (κ1) is 14.0. The molecule has 0 aromatic carbocycles. The number of carbonyl (C=O) groups excluding carboxylic acids is 1. The molecule has 2 rings (SSSR count). The maximum atomic E-state index is 11.9. The molecular weight excluding hydrogens is 242 g/mol. The molecule has 1 atom stereocenters. The van der Waals surface area contributed by atoms with E-state index in [0.29, 0.717) is 18.1 Å². The van der Waals surface area contributed by atoms with E-state index in [9.17, 15) is 4.79 Å². The molecule has 1 unspecified atom stereocenters. The van der Waals surface area contributed by atoms with Gasteiger partial charge in [-0.05, 0) is 31.4 Å². The summed E-state index contributed by atoms with van der Waals surface area (Å²) in [6.07, 6.45) is 1.00. The second-order valence-corrected chi connectivity index (χ2v) is 5.10. The number of carbonyl (C=O) groups is 1. The molecular formula is C15H21NO3. The first-order valence-electron chi connectivity index (χ1n) is 6.89. The molecule has 1 fully saturated rings. The normalized spacial score (nSPS) is 18.8. The van der Waals surface area contributed by atoms with Gasteiger partial charge < -0.3 is 9.47 Å². The summed E-state index contributed by atoms with van der Waals surface area (Å²) >= 11 is 0. The van der Waals surface area contributed by atoms with Crippen molar-refractivity contribution < 1.29 is 14.3 Å². The largest absolute Gasteiger partial charge is 0.462 e. The van der Waals surface area contributed by atoms with Crippen LogP contribution in [0.4, 0.5) is 0 Å². The van der Waals surface area contributed by atoms with E-state index in [4.69, 9.17) is 9.47 Å². The van der Waals surface area contributed by atoms with E-state index in [1.165, 1.54) is 0 Å². The standard InChI is InChI=1S/C15H21NO3/c1-4-19-15(17)12-5-6-13(11-7-8-18-9-11)16-14(12)10(2)3/h5-6,10-11H,4,7-9H2,1-3H3. The lowest BCUT2D eigenvalue weighted by atomic mass is 9.99. The predicted octanol–water partition coefficient (Wildman–Crippen LogP) is 2.89. The van der Waals surface area contributed by atoms with Crippen molar-refractivity contribution in [2.75, 3.05) is 19.8 Å². The van der Waals surface area contributed by atoms with Gasteiger partial charge in [-0.2, -0.15) is 0 Å². The summed E-state index contributed by atoms with van der Waals surface area (Å²) in [5, 5.41) is 0. The maximum Gasteiger partial charge on any atom is 0.339 e. The summed E-state index contributed by atoms with van der Waals surface area (Å²) in [5.41, 5.74) is 2.43. The van der Waals surface area contributed by atoms with E-state index in [-0.39, 0.29) is 11.9 Å². The van der Waals surface area contributed by atoms with Gasteiger partial charge in [-0.3, -0.25) is 4.98 Å². The van der Waals surface area contributed by atoms with Crippen LogP contribution in [0.2, 0.25) is 0 Å². The fourth-order valence-corrected chi connectivity index (χ4v) is 2.31. The Labute approximate surface area is 114 Å². The fourth-order valence-electron chi connectivity index (χ4n) is 2.31. The number of pyridine rings is 1. The number of esters is 1. The first-order chi connectivity index (χ1) is 9.13. The molecule has 19 heavy (non-hydrogen) atoms. The van der Waals surface area contributed by atoms with Crippen molar-refractivity contribution >= 4 is 5.97 Å². The van der Waals surface area contributed by atoms with Crippen LogP contribution in [-0.4, -0.2) is 30.8 Å². The summed E-state index contributed by atoms with van der Waals surface area (Å²) < 4.78 is 10.5. The lowest BCUT2D eigenvalue weighted by Crippen LogP contribution is -2.13. The van der Waals surface area contributed by atoms with Crippen molar-refractivity contribution in [3.8, 4) is 0 Å². The molecule has 1 aromatic rings. The molecule has 1 aliphatic rings. The number of rotatable bonds is 4. The van der Waals surface area contributed by atoms with Gasteiger partial charge in [0.15, 0.2) is 0 Å². The Morgan fingerprint density at radius 1 is 1.53 bits per heavy atom. The van der Waals surface area contributed by atoms with Crippen LogP contribution in [0.15, 0.2) is 12.1 Å². The van der Waals surface area contributed by atoms with E-state index < -0.39 is 0 Å². The Kier molecular flexibility index (Phi) is 4.53. The van der Waals surface area contributed by atoms with E-state index in [2.05, 4.69) is 4.98 Å². The third-order valence-corrected chi connectivity index (χ3v) is 3.34. The van der Waals surface area contributed by atoms with Gasteiger partial charge in [0.05, 0.1) is 24.5 Å². The summed E-state index contributed by atoms with van der Waals surface area (Å²) in [4.78, 5) is 16.6. The molecule has 104 valence electrons. The van der Waals surface area contributed by atoms with Gasteiger partial charge in [-0.1, -0.05) is 13.8 Å². The molecule has 0 N–H and O–H groups in total. The van der Waals surface area contributed by atoms with Crippen molar-refractivity contribution in [1.82, 2.24) is 4.98 Å². The molecule has 0 radical (unpaired) electrons. The highest BCUT2D eigenvalue weighted by molar-refractivity contribution is 5.90. The van der Waals surface area contributed by atoms with Gasteiger partial charge in [-0.25, -0.2) is 4.79 Å². The van der Waals surface area contributed by atoms with Crippen molar-refractivity contribution in [3.05, 3.63) is 29.1 Å². The fraction of sp³-hybridized carbons (Fsp3) is 0.600. The number of hydrogen-bond acceptors (Lipinski definition) is 4. The Balaban J connectivity index is 2.31. The lowest BCUT2D eigenvalue weighted by Gasteiger charge is -2.15. The van der Waals surface area contributed by atoms with Crippen LogP contribution in [0, 0.1) is 0 Å². The van der Waals surface area contributed by atoms with Crippen molar-refractivity contribution in [3.63, 3.8) is 0 Å². The summed E-state index contributed by atoms with van der Waals surface area (Å²) in [6, 6.07) is 3.77. The molecule has 4 heteroatoms. The Morgan fingerprint density at radius 3 is 2.89 bits per heavy atom. The average Bonchev–Trinajstić information content (AvgIpc) is 2.92. The maximum absolute atomic E-state index is 11.9. The zero-order chi connectivity index (χ0) is 13.8. The zero-order valence-electron chi connectivity index (χ0n) is 11.8. The second kappa shape index (κ2) is 6.15. The van der Waals surface area contributed by atoms with Gasteiger partial charge in [0.25, 0.3) is 0 Å². The smallest absolute Gasteiger partial charge is 0.339 e. The topological polar surface area (TPSA) is 48.4 Å². The van der Waals surface area contributed by atoms with Gasteiger partial charge in [0, 0.05) is 18.2 Å². The molecule has 0 saturated carbocycles. The number of nitrogens with zero attached hydrogens (tertiary/aromatic N) is 1. The Hall–Kier alpha value is -1.42. The number of hydrogen-bond donors (Lipinski definition) is 0. The molecule has 0 aliphatic carbocycles. The highest BCUT2D eigenvalue weighted by Crippen LogP contribution is 2.27. The van der Waals surface area contributed by atoms with Crippen LogP contribution in [0.25, 0.3) is 0 Å². The minimum absolute atomic E-state index is 0.196. The second-order valence-electron chi connectivity index (χ2n) is 5.10. The predicted molar refractivity (Wildman–Crippen MR) is 72.5 cm³/mol. The van der Waals surface area contributed by atoms with Gasteiger partial charge in [-0.15, -0.1) is 0 Å². The quantitative estimate of drug-likeness (QED) is 0.784. The summed E-state index contributed by atoms with van der Waals surface area (Å²) in [5.74, 6) is 0.267. The van der Waals surface area contributed by atoms with Crippen LogP contribution in [0.3, 0.4) is 0 Å². The van der Waals surface area contributed by atoms with Crippen LogP contribution >= 0.6 is 0 Å². The molecule has 1 aromatic heterocycles. The number of ether oxygens (including phenoxy) is 2. The van der Waals surface area contributed by atoms with Gasteiger partial charge in [0.1, 0.15) is 0 Å². The van der Waals surface area contributed by atoms with Crippen molar-refractivity contribution in [2.24, 2.45) is 0 Å². The molecule has 0 spiro atoms. The number of aromatic nitrogens is 1. The van der Waals surface area contributed by atoms with E-state index >= 15 is 0 Å². The lowest BCUT2D eigenvalue weighted by molar-refractivity contribution is 0.0524. The molecule has 0 bridgehead atoms. The minimum Gasteiger partial charge on any atom is -0.462 e. The Bertz CT molecular complexity index is 451. The highest BCUT2D eigenvalue weighted by Gasteiger charge is 2.23. The monoisotopic (exact) mass is 263 g/mol. The van der Waals surface area contributed by atoms with Gasteiger partial charge in [0.2, 0.25) is 0 Å². The molecule has 1 aliphatic heterocycles. The molecule has 1 saturated heterocycles. The third kappa shape index (κ3) is 3.13. The van der Waals surface area contributed by atoms with Crippen molar-refractivity contribution in [1.29, 1.82) is 0 Å². The van der Waals surface area contributed by atoms with Crippen molar-refractivity contribution in [2.45, 2.75) is 39.0 Å². The highest BCUT2D eigenvalue weighted by atomic mass is 16.5. The van der Waals surface area contributed by atoms with Crippen LogP contribution < -0.4 is 0 Å². The van der Waals surface area contributed by atoms with Crippen LogP contribution in [0.1, 0.15) is 60.8 Å². The Morgan fingerprint density at radius 2 is 2.32 bits per heavy atom. The van der Waals surface area contributed by atoms with E-state index in [1.54, 1.807) is 0 Å². The molecule has 2 heterocycles. The third-order valence-electron chi connectivity index (χ3n) is 3.34. The summed E-state index contributed by atoms with van der Waals surface area (Å²) in [6.45, 7) is 7.80. The minimum atomic E-state index is -0.284. The molecule has 4 nitrogen and oxygen atoms in total. The van der Waals surface area contributed by atoms with Crippen LogP contribution in [0.5, 0.6) is 0 Å². The average molecular weight is 263 g/mol.